The van der Waals surface area contributed by atoms with Crippen LogP contribution in [0, 0.1) is 0 Å². The molecule has 6 heteroatoms. The van der Waals surface area contributed by atoms with E-state index < -0.39 is 17.7 Å². The predicted octanol–water partition coefficient (Wildman–Crippen LogP) is 2.47. The van der Waals surface area contributed by atoms with Crippen LogP contribution in [0.2, 0.25) is 0 Å². The lowest BCUT2D eigenvalue weighted by Crippen LogP contribution is -2.48. The summed E-state index contributed by atoms with van der Waals surface area (Å²) in [5.74, 6) is -0.217. The van der Waals surface area contributed by atoms with E-state index >= 15 is 0 Å². The quantitative estimate of drug-likeness (QED) is 0.858. The van der Waals surface area contributed by atoms with E-state index in [0.29, 0.717) is 12.6 Å². The Hall–Kier alpha value is -2.24. The van der Waals surface area contributed by atoms with Gasteiger partial charge in [-0.3, -0.25) is 4.79 Å². The van der Waals surface area contributed by atoms with Crippen molar-refractivity contribution in [3.63, 3.8) is 0 Å². The number of benzene rings is 1. The molecular formula is C19H29N3O3. The number of carbonyl (C=O) groups is 2. The molecule has 1 unspecified atom stereocenters. The van der Waals surface area contributed by atoms with Crippen molar-refractivity contribution < 1.29 is 14.3 Å². The van der Waals surface area contributed by atoms with E-state index in [1.165, 1.54) is 11.3 Å². The Balaban J connectivity index is 1.78. The molecule has 0 radical (unpaired) electrons. The Morgan fingerprint density at radius 3 is 2.68 bits per heavy atom. The van der Waals surface area contributed by atoms with Gasteiger partial charge in [0.05, 0.1) is 0 Å². The minimum absolute atomic E-state index is 0.217. The van der Waals surface area contributed by atoms with E-state index in [9.17, 15) is 9.59 Å². The molecule has 2 amide bonds. The molecule has 1 aromatic carbocycles. The fraction of sp³-hybridized carbons (Fsp3) is 0.579. The third-order valence-electron chi connectivity index (χ3n) is 4.13. The molecule has 1 aliphatic heterocycles. The zero-order valence-corrected chi connectivity index (χ0v) is 15.8. The van der Waals surface area contributed by atoms with Gasteiger partial charge < -0.3 is 20.3 Å². The van der Waals surface area contributed by atoms with Crippen molar-refractivity contribution in [2.75, 3.05) is 18.0 Å². The molecule has 2 atom stereocenters. The van der Waals surface area contributed by atoms with Gasteiger partial charge in [0.25, 0.3) is 0 Å². The molecule has 0 aliphatic carbocycles. The number of alkyl carbamates (subject to hydrolysis) is 1. The number of nitrogens with zero attached hydrogens (tertiary/aromatic N) is 1. The first-order chi connectivity index (χ1) is 11.7. The highest BCUT2D eigenvalue weighted by atomic mass is 16.6. The Kier molecular flexibility index (Phi) is 5.93. The number of hydrogen-bond acceptors (Lipinski definition) is 4. The van der Waals surface area contributed by atoms with Gasteiger partial charge in [-0.15, -0.1) is 0 Å². The van der Waals surface area contributed by atoms with Gasteiger partial charge in [-0.2, -0.15) is 0 Å². The molecule has 0 spiro atoms. The summed E-state index contributed by atoms with van der Waals surface area (Å²) in [6, 6.07) is 8.14. The number of amides is 2. The van der Waals surface area contributed by atoms with Crippen molar-refractivity contribution in [1.29, 1.82) is 0 Å². The van der Waals surface area contributed by atoms with Crippen LogP contribution in [0.25, 0.3) is 0 Å². The zero-order valence-electron chi connectivity index (χ0n) is 15.8. The topological polar surface area (TPSA) is 70.7 Å². The average molecular weight is 347 g/mol. The van der Waals surface area contributed by atoms with Crippen LogP contribution >= 0.6 is 0 Å². The van der Waals surface area contributed by atoms with Gasteiger partial charge in [0, 0.05) is 24.8 Å². The van der Waals surface area contributed by atoms with Crippen LogP contribution in [-0.4, -0.2) is 42.8 Å². The second-order valence-electron chi connectivity index (χ2n) is 7.53. The summed E-state index contributed by atoms with van der Waals surface area (Å²) in [7, 11) is 0. The summed E-state index contributed by atoms with van der Waals surface area (Å²) >= 11 is 0. The molecule has 2 rings (SSSR count). The fourth-order valence-corrected chi connectivity index (χ4v) is 2.97. The molecule has 0 fully saturated rings. The van der Waals surface area contributed by atoms with Crippen LogP contribution in [0.3, 0.4) is 0 Å². The van der Waals surface area contributed by atoms with E-state index in [0.717, 1.165) is 13.0 Å². The van der Waals surface area contributed by atoms with Crippen molar-refractivity contribution in [2.45, 2.75) is 58.7 Å². The maximum Gasteiger partial charge on any atom is 0.408 e. The standard InChI is InChI=1S/C19H29N3O3/c1-13-12-15-8-6-7-9-16(15)22(13)11-10-20-17(23)14(2)21-18(24)25-19(3,4)5/h6-9,13-14H,10-12H2,1-5H3,(H,20,23)(H,21,24)/t13?,14-/m1/s1. The normalized spacial score (nSPS) is 17.6. The number of para-hydroxylation sites is 1. The molecule has 1 aromatic rings. The van der Waals surface area contributed by atoms with Crippen LogP contribution < -0.4 is 15.5 Å². The van der Waals surface area contributed by atoms with Crippen LogP contribution in [0.4, 0.5) is 10.5 Å². The largest absolute Gasteiger partial charge is 0.444 e. The van der Waals surface area contributed by atoms with E-state index in [1.807, 2.05) is 6.07 Å². The first-order valence-electron chi connectivity index (χ1n) is 8.79. The van der Waals surface area contributed by atoms with Crippen LogP contribution in [0.5, 0.6) is 0 Å². The number of anilines is 1. The Labute approximate surface area is 149 Å². The SMILES string of the molecule is CC1Cc2ccccc2N1CCNC(=O)[C@@H](C)NC(=O)OC(C)(C)C. The van der Waals surface area contributed by atoms with Gasteiger partial charge in [-0.1, -0.05) is 18.2 Å². The molecule has 0 saturated carbocycles. The second-order valence-corrected chi connectivity index (χ2v) is 7.53. The molecule has 0 aromatic heterocycles. The van der Waals surface area contributed by atoms with Gasteiger partial charge >= 0.3 is 6.09 Å². The number of rotatable bonds is 5. The molecule has 1 aliphatic rings. The van der Waals surface area contributed by atoms with Crippen molar-refractivity contribution in [1.82, 2.24) is 10.6 Å². The minimum Gasteiger partial charge on any atom is -0.444 e. The summed E-state index contributed by atoms with van der Waals surface area (Å²) < 4.78 is 5.16. The minimum atomic E-state index is -0.641. The van der Waals surface area contributed by atoms with Crippen LogP contribution in [0.1, 0.15) is 40.2 Å². The molecule has 1 heterocycles. The van der Waals surface area contributed by atoms with Crippen molar-refractivity contribution in [3.8, 4) is 0 Å². The van der Waals surface area contributed by atoms with E-state index in [2.05, 4.69) is 40.7 Å². The molecule has 0 bridgehead atoms. The highest BCUT2D eigenvalue weighted by Crippen LogP contribution is 2.31. The van der Waals surface area contributed by atoms with Gasteiger partial charge in [-0.05, 0) is 52.7 Å². The molecule has 2 N–H and O–H groups in total. The zero-order chi connectivity index (χ0) is 18.6. The van der Waals surface area contributed by atoms with Crippen LogP contribution in [-0.2, 0) is 16.0 Å². The van der Waals surface area contributed by atoms with Crippen molar-refractivity contribution in [2.24, 2.45) is 0 Å². The maximum atomic E-state index is 12.1. The first kappa shape index (κ1) is 19.1. The van der Waals surface area contributed by atoms with Gasteiger partial charge in [0.1, 0.15) is 11.6 Å². The molecule has 25 heavy (non-hydrogen) atoms. The second kappa shape index (κ2) is 7.76. The fourth-order valence-electron chi connectivity index (χ4n) is 2.97. The number of carbonyl (C=O) groups excluding carboxylic acids is 2. The first-order valence-corrected chi connectivity index (χ1v) is 8.79. The number of ether oxygens (including phenoxy) is 1. The number of hydrogen-bond donors (Lipinski definition) is 2. The average Bonchev–Trinajstić information content (AvgIpc) is 2.81. The van der Waals surface area contributed by atoms with E-state index in [4.69, 9.17) is 4.74 Å². The summed E-state index contributed by atoms with van der Waals surface area (Å²) in [5.41, 5.74) is 2.00. The van der Waals surface area contributed by atoms with Gasteiger partial charge in [0.2, 0.25) is 5.91 Å². The number of fused-ring (bicyclic) bond motifs is 1. The van der Waals surface area contributed by atoms with Gasteiger partial charge in [-0.25, -0.2) is 4.79 Å². The summed E-state index contributed by atoms with van der Waals surface area (Å²) in [4.78, 5) is 26.2. The Morgan fingerprint density at radius 2 is 2.00 bits per heavy atom. The maximum absolute atomic E-state index is 12.1. The van der Waals surface area contributed by atoms with E-state index in [1.54, 1.807) is 27.7 Å². The molecule has 0 saturated heterocycles. The number of nitrogens with one attached hydrogen (secondary N) is 2. The predicted molar refractivity (Wildman–Crippen MR) is 98.8 cm³/mol. The van der Waals surface area contributed by atoms with Crippen molar-refractivity contribution in [3.05, 3.63) is 29.8 Å². The third kappa shape index (κ3) is 5.37. The molecule has 6 nitrogen and oxygen atoms in total. The molecule has 138 valence electrons. The Bertz CT molecular complexity index is 625. The highest BCUT2D eigenvalue weighted by molar-refractivity contribution is 5.85. The lowest BCUT2D eigenvalue weighted by atomic mass is 10.1. The Morgan fingerprint density at radius 1 is 1.32 bits per heavy atom. The molecular weight excluding hydrogens is 318 g/mol. The van der Waals surface area contributed by atoms with Gasteiger partial charge in [0.15, 0.2) is 0 Å². The smallest absolute Gasteiger partial charge is 0.408 e. The van der Waals surface area contributed by atoms with E-state index in [-0.39, 0.29) is 5.91 Å². The summed E-state index contributed by atoms with van der Waals surface area (Å²) in [6.45, 7) is 10.5. The monoisotopic (exact) mass is 347 g/mol. The van der Waals surface area contributed by atoms with Crippen molar-refractivity contribution >= 4 is 17.7 Å². The lowest BCUT2D eigenvalue weighted by Gasteiger charge is -2.25. The van der Waals surface area contributed by atoms with Crippen LogP contribution in [0.15, 0.2) is 24.3 Å². The highest BCUT2D eigenvalue weighted by Gasteiger charge is 2.25. The summed E-state index contributed by atoms with van der Waals surface area (Å²) in [6.07, 6.45) is 0.443. The lowest BCUT2D eigenvalue weighted by molar-refractivity contribution is -0.122. The third-order valence-corrected chi connectivity index (χ3v) is 4.13. The summed E-state index contributed by atoms with van der Waals surface area (Å²) in [5, 5.41) is 5.43.